The van der Waals surface area contributed by atoms with E-state index in [1.807, 2.05) is 13.0 Å². The number of nitrogens with one attached hydrogen (secondary N) is 1. The van der Waals surface area contributed by atoms with E-state index in [9.17, 15) is 9.90 Å². The van der Waals surface area contributed by atoms with Gasteiger partial charge in [-0.2, -0.15) is 0 Å². The van der Waals surface area contributed by atoms with Gasteiger partial charge in [-0.25, -0.2) is 0 Å². The van der Waals surface area contributed by atoms with E-state index in [1.54, 1.807) is 6.92 Å². The van der Waals surface area contributed by atoms with Crippen molar-refractivity contribution in [1.29, 1.82) is 0 Å². The van der Waals surface area contributed by atoms with Crippen molar-refractivity contribution in [3.63, 3.8) is 0 Å². The molecule has 0 unspecified atom stereocenters. The van der Waals surface area contributed by atoms with E-state index in [-0.39, 0.29) is 5.91 Å². The van der Waals surface area contributed by atoms with Gasteiger partial charge >= 0.3 is 0 Å². The van der Waals surface area contributed by atoms with Crippen molar-refractivity contribution >= 4 is 5.91 Å². The smallest absolute Gasteiger partial charge is 0.254 e. The van der Waals surface area contributed by atoms with Crippen LogP contribution in [0.5, 0.6) is 0 Å². The molecule has 0 aromatic carbocycles. The van der Waals surface area contributed by atoms with Crippen LogP contribution in [-0.2, 0) is 9.53 Å². The number of hydrogen-bond donors (Lipinski definition) is 2. The molecule has 1 rings (SSSR count). The highest BCUT2D eigenvalue weighted by molar-refractivity contribution is 5.85. The number of aliphatic hydroxyl groups is 1. The predicted octanol–water partition coefficient (Wildman–Crippen LogP) is 0.609. The Morgan fingerprint density at radius 3 is 3.00 bits per heavy atom. The molecule has 1 aliphatic heterocycles. The molecule has 0 fully saturated rings. The van der Waals surface area contributed by atoms with Crippen LogP contribution in [0.1, 0.15) is 26.7 Å². The second kappa shape index (κ2) is 4.77. The van der Waals surface area contributed by atoms with Gasteiger partial charge < -0.3 is 15.2 Å². The maximum Gasteiger partial charge on any atom is 0.254 e. The zero-order valence-corrected chi connectivity index (χ0v) is 9.54. The van der Waals surface area contributed by atoms with Gasteiger partial charge in [0.2, 0.25) is 0 Å². The maximum atomic E-state index is 11.6. The van der Waals surface area contributed by atoms with E-state index in [2.05, 4.69) is 5.32 Å². The first-order valence-electron chi connectivity index (χ1n) is 5.22. The molecular weight excluding hydrogens is 194 g/mol. The van der Waals surface area contributed by atoms with Crippen molar-refractivity contribution in [2.45, 2.75) is 38.4 Å². The second-order valence-electron chi connectivity index (χ2n) is 4.02. The molecule has 4 nitrogen and oxygen atoms in total. The average molecular weight is 213 g/mol. The number of carbonyl (C=O) groups excluding carboxylic acids is 1. The first kappa shape index (κ1) is 12.2. The molecule has 0 radical (unpaired) electrons. The molecule has 0 aromatic rings. The van der Waals surface area contributed by atoms with Gasteiger partial charge in [0.1, 0.15) is 0 Å². The summed E-state index contributed by atoms with van der Waals surface area (Å²) >= 11 is 0. The highest BCUT2D eigenvalue weighted by Crippen LogP contribution is 2.23. The molecule has 0 bridgehead atoms. The number of rotatable bonds is 1. The standard InChI is InChI=1S/C11H19NO3/c1-8-4-6-11(14,10(13)12-3)9(2)15-7-5-8/h4,9,14H,5-7H2,1-3H3,(H,12,13)/b8-4-/t9-,11+/m1/s1. The van der Waals surface area contributed by atoms with E-state index in [1.165, 1.54) is 7.05 Å². The van der Waals surface area contributed by atoms with Gasteiger partial charge in [0.15, 0.2) is 5.60 Å². The third-order valence-corrected chi connectivity index (χ3v) is 2.92. The molecule has 1 aliphatic rings. The van der Waals surface area contributed by atoms with Gasteiger partial charge in [0.05, 0.1) is 12.7 Å². The third-order valence-electron chi connectivity index (χ3n) is 2.92. The Morgan fingerprint density at radius 2 is 2.40 bits per heavy atom. The number of ether oxygens (including phenoxy) is 1. The molecule has 0 spiro atoms. The molecular formula is C11H19NO3. The van der Waals surface area contributed by atoms with Crippen LogP contribution in [0.4, 0.5) is 0 Å². The number of hydrogen-bond acceptors (Lipinski definition) is 3. The lowest BCUT2D eigenvalue weighted by Crippen LogP contribution is -2.54. The van der Waals surface area contributed by atoms with Crippen molar-refractivity contribution in [1.82, 2.24) is 5.32 Å². The van der Waals surface area contributed by atoms with Crippen LogP contribution in [-0.4, -0.2) is 36.4 Å². The topological polar surface area (TPSA) is 58.6 Å². The molecule has 2 N–H and O–H groups in total. The van der Waals surface area contributed by atoms with E-state index >= 15 is 0 Å². The Morgan fingerprint density at radius 1 is 1.73 bits per heavy atom. The Kier molecular flexibility index (Phi) is 3.88. The Hall–Kier alpha value is -0.870. The molecule has 4 heteroatoms. The van der Waals surface area contributed by atoms with Crippen LogP contribution in [0.15, 0.2) is 11.6 Å². The first-order chi connectivity index (χ1) is 7.00. The van der Waals surface area contributed by atoms with Gasteiger partial charge in [-0.1, -0.05) is 11.6 Å². The first-order valence-corrected chi connectivity index (χ1v) is 5.22. The van der Waals surface area contributed by atoms with Crippen LogP contribution < -0.4 is 5.32 Å². The van der Waals surface area contributed by atoms with E-state index in [4.69, 9.17) is 4.74 Å². The van der Waals surface area contributed by atoms with E-state index < -0.39 is 11.7 Å². The van der Waals surface area contributed by atoms with Gasteiger partial charge in [0, 0.05) is 13.5 Å². The highest BCUT2D eigenvalue weighted by atomic mass is 16.5. The number of carbonyl (C=O) groups is 1. The summed E-state index contributed by atoms with van der Waals surface area (Å²) in [5.74, 6) is -0.388. The second-order valence-corrected chi connectivity index (χ2v) is 4.02. The van der Waals surface area contributed by atoms with E-state index in [0.717, 1.165) is 12.0 Å². The third kappa shape index (κ3) is 2.58. The zero-order valence-electron chi connectivity index (χ0n) is 9.54. The SMILES string of the molecule is CNC(=O)[C@]1(O)C/C=C(/C)CCO[C@@H]1C. The van der Waals surface area contributed by atoms with Gasteiger partial charge in [-0.05, 0) is 20.3 Å². The molecule has 0 saturated carbocycles. The van der Waals surface area contributed by atoms with Crippen LogP contribution in [0.25, 0.3) is 0 Å². The van der Waals surface area contributed by atoms with Crippen molar-refractivity contribution in [3.8, 4) is 0 Å². The summed E-state index contributed by atoms with van der Waals surface area (Å²) < 4.78 is 5.44. The zero-order chi connectivity index (χ0) is 11.5. The Labute approximate surface area is 90.3 Å². The summed E-state index contributed by atoms with van der Waals surface area (Å²) in [6.07, 6.45) is 2.59. The van der Waals surface area contributed by atoms with Crippen molar-refractivity contribution in [2.24, 2.45) is 0 Å². The lowest BCUT2D eigenvalue weighted by molar-refractivity contribution is -0.156. The number of amides is 1. The molecule has 86 valence electrons. The quantitative estimate of drug-likeness (QED) is 0.627. The molecule has 2 atom stereocenters. The van der Waals surface area contributed by atoms with Gasteiger partial charge in [0.25, 0.3) is 5.91 Å². The Bertz CT molecular complexity index is 275. The summed E-state index contributed by atoms with van der Waals surface area (Å²) in [5, 5.41) is 12.7. The molecule has 1 amide bonds. The van der Waals surface area contributed by atoms with Crippen molar-refractivity contribution < 1.29 is 14.6 Å². The Balaban J connectivity index is 2.91. The predicted molar refractivity (Wildman–Crippen MR) is 57.4 cm³/mol. The fourth-order valence-electron chi connectivity index (χ4n) is 1.63. The van der Waals surface area contributed by atoms with Crippen LogP contribution in [0.3, 0.4) is 0 Å². The monoisotopic (exact) mass is 213 g/mol. The molecule has 1 heterocycles. The van der Waals surface area contributed by atoms with E-state index in [0.29, 0.717) is 13.0 Å². The summed E-state index contributed by atoms with van der Waals surface area (Å²) in [6.45, 7) is 4.25. The van der Waals surface area contributed by atoms with Crippen LogP contribution in [0, 0.1) is 0 Å². The van der Waals surface area contributed by atoms with Crippen LogP contribution in [0.2, 0.25) is 0 Å². The van der Waals surface area contributed by atoms with Gasteiger partial charge in [-0.3, -0.25) is 4.79 Å². The lowest BCUT2D eigenvalue weighted by atomic mass is 9.90. The number of likely N-dealkylation sites (N-methyl/N-ethyl adjacent to an activating group) is 1. The van der Waals surface area contributed by atoms with Gasteiger partial charge in [-0.15, -0.1) is 0 Å². The normalized spacial score (nSPS) is 36.0. The molecule has 0 saturated heterocycles. The fraction of sp³-hybridized carbons (Fsp3) is 0.727. The minimum Gasteiger partial charge on any atom is -0.377 e. The van der Waals surface area contributed by atoms with Crippen molar-refractivity contribution in [3.05, 3.63) is 11.6 Å². The lowest BCUT2D eigenvalue weighted by Gasteiger charge is -2.32. The largest absolute Gasteiger partial charge is 0.377 e. The summed E-state index contributed by atoms with van der Waals surface area (Å²) in [7, 11) is 1.52. The highest BCUT2D eigenvalue weighted by Gasteiger charge is 2.41. The molecule has 0 aromatic heterocycles. The fourth-order valence-corrected chi connectivity index (χ4v) is 1.63. The molecule has 15 heavy (non-hydrogen) atoms. The summed E-state index contributed by atoms with van der Waals surface area (Å²) in [5.41, 5.74) is -0.305. The average Bonchev–Trinajstić information content (AvgIpc) is 2.23. The minimum atomic E-state index is -1.45. The maximum absolute atomic E-state index is 11.6. The van der Waals surface area contributed by atoms with Crippen LogP contribution >= 0.6 is 0 Å². The molecule has 0 aliphatic carbocycles. The summed E-state index contributed by atoms with van der Waals surface area (Å²) in [4.78, 5) is 11.6. The van der Waals surface area contributed by atoms with Crippen molar-refractivity contribution in [2.75, 3.05) is 13.7 Å². The minimum absolute atomic E-state index is 0.305. The summed E-state index contributed by atoms with van der Waals surface area (Å²) in [6, 6.07) is 0.